The molecule has 94 valence electrons. The summed E-state index contributed by atoms with van der Waals surface area (Å²) in [6.45, 7) is 4.62. The summed E-state index contributed by atoms with van der Waals surface area (Å²) < 4.78 is 0. The molecule has 1 N–H and O–H groups in total. The number of likely N-dealkylation sites (tertiary alicyclic amines) is 1. The van der Waals surface area contributed by atoms with E-state index in [0.29, 0.717) is 6.04 Å². The molecule has 0 saturated carbocycles. The molecule has 2 nitrogen and oxygen atoms in total. The zero-order valence-corrected chi connectivity index (χ0v) is 11.1. The van der Waals surface area contributed by atoms with E-state index in [1.807, 2.05) is 0 Å². The van der Waals surface area contributed by atoms with Gasteiger partial charge in [0.15, 0.2) is 0 Å². The van der Waals surface area contributed by atoms with E-state index < -0.39 is 0 Å². The Hall–Kier alpha value is -1.02. The highest BCUT2D eigenvalue weighted by Gasteiger charge is 2.18. The minimum absolute atomic E-state index is 0.626. The molecular formula is C15H24N2. The van der Waals surface area contributed by atoms with E-state index in [2.05, 4.69) is 48.5 Å². The molecule has 2 heteroatoms. The average molecular weight is 232 g/mol. The summed E-state index contributed by atoms with van der Waals surface area (Å²) in [5, 5.41) is 3.61. The van der Waals surface area contributed by atoms with Crippen molar-refractivity contribution in [2.45, 2.75) is 38.6 Å². The monoisotopic (exact) mass is 232 g/mol. The third-order valence-corrected chi connectivity index (χ3v) is 3.54. The molecule has 1 aliphatic rings. The van der Waals surface area contributed by atoms with Gasteiger partial charge in [0.2, 0.25) is 0 Å². The summed E-state index contributed by atoms with van der Waals surface area (Å²) >= 11 is 0. The first-order valence-corrected chi connectivity index (χ1v) is 6.82. The average Bonchev–Trinajstić information content (AvgIpc) is 2.74. The largest absolute Gasteiger partial charge is 0.381 e. The Bertz CT molecular complexity index is 331. The van der Waals surface area contributed by atoms with Crippen LogP contribution in [0.15, 0.2) is 24.3 Å². The standard InChI is InChI=1S/C15H24N2/c1-3-4-5-13-6-8-14(9-7-13)16-15-10-11-17(2)12-15/h6-9,15-16H,3-5,10-12H2,1-2H3. The molecule has 0 spiro atoms. The number of rotatable bonds is 5. The van der Waals surface area contributed by atoms with Gasteiger partial charge in [-0.2, -0.15) is 0 Å². The molecule has 1 unspecified atom stereocenters. The fourth-order valence-electron chi connectivity index (χ4n) is 2.44. The second kappa shape index (κ2) is 6.06. The fourth-order valence-corrected chi connectivity index (χ4v) is 2.44. The molecule has 1 aliphatic heterocycles. The summed E-state index contributed by atoms with van der Waals surface area (Å²) in [5.41, 5.74) is 2.73. The zero-order chi connectivity index (χ0) is 12.1. The summed E-state index contributed by atoms with van der Waals surface area (Å²) in [5.74, 6) is 0. The van der Waals surface area contributed by atoms with Crippen molar-refractivity contribution in [3.05, 3.63) is 29.8 Å². The van der Waals surface area contributed by atoms with Gasteiger partial charge in [-0.1, -0.05) is 25.5 Å². The molecule has 0 amide bonds. The van der Waals surface area contributed by atoms with Crippen LogP contribution in [0.5, 0.6) is 0 Å². The van der Waals surface area contributed by atoms with Crippen LogP contribution in [0, 0.1) is 0 Å². The Labute approximate surface area is 105 Å². The number of likely N-dealkylation sites (N-methyl/N-ethyl adjacent to an activating group) is 1. The van der Waals surface area contributed by atoms with Crippen molar-refractivity contribution >= 4 is 5.69 Å². The number of anilines is 1. The molecule has 0 aliphatic carbocycles. The van der Waals surface area contributed by atoms with Gasteiger partial charge in [0, 0.05) is 18.3 Å². The Kier molecular flexibility index (Phi) is 4.43. The lowest BCUT2D eigenvalue weighted by Crippen LogP contribution is -2.23. The van der Waals surface area contributed by atoms with Crippen LogP contribution >= 0.6 is 0 Å². The second-order valence-corrected chi connectivity index (χ2v) is 5.19. The van der Waals surface area contributed by atoms with Gasteiger partial charge in [-0.15, -0.1) is 0 Å². The van der Waals surface area contributed by atoms with Crippen LogP contribution in [0.3, 0.4) is 0 Å². The fraction of sp³-hybridized carbons (Fsp3) is 0.600. The van der Waals surface area contributed by atoms with E-state index in [1.165, 1.54) is 43.5 Å². The highest BCUT2D eigenvalue weighted by atomic mass is 15.2. The molecular weight excluding hydrogens is 208 g/mol. The molecule has 1 aromatic rings. The molecule has 2 rings (SSSR count). The molecule has 1 heterocycles. The van der Waals surface area contributed by atoms with Crippen molar-refractivity contribution in [2.24, 2.45) is 0 Å². The smallest absolute Gasteiger partial charge is 0.0400 e. The van der Waals surface area contributed by atoms with Gasteiger partial charge in [-0.05, 0) is 50.6 Å². The summed E-state index contributed by atoms with van der Waals surface area (Å²) in [6, 6.07) is 9.60. The van der Waals surface area contributed by atoms with E-state index in [4.69, 9.17) is 0 Å². The Morgan fingerprint density at radius 3 is 2.65 bits per heavy atom. The first-order valence-electron chi connectivity index (χ1n) is 6.82. The lowest BCUT2D eigenvalue weighted by molar-refractivity contribution is 0.414. The topological polar surface area (TPSA) is 15.3 Å². The molecule has 1 fully saturated rings. The first-order chi connectivity index (χ1) is 8.28. The first kappa shape index (κ1) is 12.4. The number of hydrogen-bond acceptors (Lipinski definition) is 2. The third kappa shape index (κ3) is 3.74. The van der Waals surface area contributed by atoms with E-state index in [9.17, 15) is 0 Å². The van der Waals surface area contributed by atoms with Crippen LogP contribution in [0.1, 0.15) is 31.7 Å². The minimum Gasteiger partial charge on any atom is -0.381 e. The third-order valence-electron chi connectivity index (χ3n) is 3.54. The maximum atomic E-state index is 3.61. The van der Waals surface area contributed by atoms with Crippen molar-refractivity contribution in [1.29, 1.82) is 0 Å². The van der Waals surface area contributed by atoms with Gasteiger partial charge in [-0.25, -0.2) is 0 Å². The van der Waals surface area contributed by atoms with E-state index in [-0.39, 0.29) is 0 Å². The molecule has 0 bridgehead atoms. The van der Waals surface area contributed by atoms with Gasteiger partial charge in [0.05, 0.1) is 0 Å². The maximum Gasteiger partial charge on any atom is 0.0400 e. The quantitative estimate of drug-likeness (QED) is 0.839. The number of benzene rings is 1. The number of hydrogen-bond donors (Lipinski definition) is 1. The Morgan fingerprint density at radius 1 is 1.29 bits per heavy atom. The van der Waals surface area contributed by atoms with E-state index >= 15 is 0 Å². The maximum absolute atomic E-state index is 3.61. The van der Waals surface area contributed by atoms with Crippen molar-refractivity contribution in [3.8, 4) is 0 Å². The minimum atomic E-state index is 0.626. The molecule has 1 saturated heterocycles. The predicted molar refractivity (Wildman–Crippen MR) is 74.6 cm³/mol. The van der Waals surface area contributed by atoms with Gasteiger partial charge < -0.3 is 10.2 Å². The number of nitrogens with zero attached hydrogens (tertiary/aromatic N) is 1. The highest BCUT2D eigenvalue weighted by molar-refractivity contribution is 5.45. The zero-order valence-electron chi connectivity index (χ0n) is 11.1. The van der Waals surface area contributed by atoms with Crippen molar-refractivity contribution < 1.29 is 0 Å². The van der Waals surface area contributed by atoms with Crippen LogP contribution in [-0.2, 0) is 6.42 Å². The number of unbranched alkanes of at least 4 members (excludes halogenated alkanes) is 1. The van der Waals surface area contributed by atoms with Gasteiger partial charge >= 0.3 is 0 Å². The van der Waals surface area contributed by atoms with Crippen LogP contribution in [0.4, 0.5) is 5.69 Å². The summed E-state index contributed by atoms with van der Waals surface area (Å²) in [7, 11) is 2.19. The predicted octanol–water partition coefficient (Wildman–Crippen LogP) is 3.15. The van der Waals surface area contributed by atoms with Crippen molar-refractivity contribution in [3.63, 3.8) is 0 Å². The lowest BCUT2D eigenvalue weighted by Gasteiger charge is -2.14. The number of nitrogens with one attached hydrogen (secondary N) is 1. The van der Waals surface area contributed by atoms with Gasteiger partial charge in [-0.3, -0.25) is 0 Å². The van der Waals surface area contributed by atoms with Crippen LogP contribution in [-0.4, -0.2) is 31.1 Å². The second-order valence-electron chi connectivity index (χ2n) is 5.19. The van der Waals surface area contributed by atoms with E-state index in [1.54, 1.807) is 0 Å². The highest BCUT2D eigenvalue weighted by Crippen LogP contribution is 2.16. The van der Waals surface area contributed by atoms with Gasteiger partial charge in [0.25, 0.3) is 0 Å². The SMILES string of the molecule is CCCCc1ccc(NC2CCN(C)C2)cc1. The normalized spacial score (nSPS) is 20.7. The van der Waals surface area contributed by atoms with Crippen LogP contribution < -0.4 is 5.32 Å². The lowest BCUT2D eigenvalue weighted by atomic mass is 10.1. The van der Waals surface area contributed by atoms with Crippen LogP contribution in [0.25, 0.3) is 0 Å². The summed E-state index contributed by atoms with van der Waals surface area (Å²) in [4.78, 5) is 2.38. The molecule has 0 aromatic heterocycles. The molecule has 1 aromatic carbocycles. The van der Waals surface area contributed by atoms with Crippen molar-refractivity contribution in [1.82, 2.24) is 4.90 Å². The summed E-state index contributed by atoms with van der Waals surface area (Å²) in [6.07, 6.45) is 5.03. The van der Waals surface area contributed by atoms with E-state index in [0.717, 1.165) is 6.54 Å². The Balaban J connectivity index is 1.85. The molecule has 1 atom stereocenters. The molecule has 17 heavy (non-hydrogen) atoms. The van der Waals surface area contributed by atoms with Gasteiger partial charge in [0.1, 0.15) is 0 Å². The van der Waals surface area contributed by atoms with Crippen molar-refractivity contribution in [2.75, 3.05) is 25.5 Å². The number of aryl methyl sites for hydroxylation is 1. The van der Waals surface area contributed by atoms with Crippen LogP contribution in [0.2, 0.25) is 0 Å². The molecule has 0 radical (unpaired) electrons. The Morgan fingerprint density at radius 2 is 2.06 bits per heavy atom.